The van der Waals surface area contributed by atoms with Gasteiger partial charge in [0.2, 0.25) is 6.79 Å². The molecule has 0 bridgehead atoms. The van der Waals surface area contributed by atoms with Crippen LogP contribution in [0.25, 0.3) is 21.7 Å². The van der Waals surface area contributed by atoms with Crippen molar-refractivity contribution in [1.82, 2.24) is 0 Å². The third-order valence-corrected chi connectivity index (χ3v) is 3.53. The van der Waals surface area contributed by atoms with E-state index in [1.165, 1.54) is 6.07 Å². The highest BCUT2D eigenvalue weighted by Crippen LogP contribution is 2.40. The third-order valence-electron chi connectivity index (χ3n) is 3.53. The van der Waals surface area contributed by atoms with Gasteiger partial charge in [-0.2, -0.15) is 0 Å². The minimum Gasteiger partial charge on any atom is -0.508 e. The minimum absolute atomic E-state index is 0.00577. The number of aromatic carboxylic acids is 1. The summed E-state index contributed by atoms with van der Waals surface area (Å²) in [5, 5.41) is 19.7. The van der Waals surface area contributed by atoms with Gasteiger partial charge >= 0.3 is 11.6 Å². The standard InChI is InChI=1S/C15H8O7/c16-6-3-8(14(17)18)11-7-1-2-9-13(21-5-20-9)12(7)15(19)22-10(11)4-6/h1-4,16H,5H2,(H,17,18). The molecule has 0 fully saturated rings. The number of rotatable bonds is 1. The number of carboxylic acid groups (broad SMARTS) is 1. The number of ether oxygens (including phenoxy) is 2. The molecule has 0 saturated carbocycles. The number of hydrogen-bond acceptors (Lipinski definition) is 6. The van der Waals surface area contributed by atoms with E-state index in [0.29, 0.717) is 11.1 Å². The molecule has 22 heavy (non-hydrogen) atoms. The molecular weight excluding hydrogens is 292 g/mol. The topological polar surface area (TPSA) is 106 Å². The van der Waals surface area contributed by atoms with Gasteiger partial charge in [0.25, 0.3) is 0 Å². The van der Waals surface area contributed by atoms with Crippen LogP contribution in [0.5, 0.6) is 17.2 Å². The molecule has 0 amide bonds. The maximum absolute atomic E-state index is 12.2. The fourth-order valence-electron chi connectivity index (χ4n) is 2.66. The predicted octanol–water partition coefficient (Wildman–Crippen LogP) is 2.08. The van der Waals surface area contributed by atoms with Gasteiger partial charge in [-0.25, -0.2) is 9.59 Å². The number of carboxylic acids is 1. The molecule has 2 heterocycles. The highest BCUT2D eigenvalue weighted by atomic mass is 16.7. The Bertz CT molecular complexity index is 1020. The van der Waals surface area contributed by atoms with Crippen molar-refractivity contribution < 1.29 is 28.9 Å². The quantitative estimate of drug-likeness (QED) is 0.523. The maximum atomic E-state index is 12.2. The van der Waals surface area contributed by atoms with E-state index in [9.17, 15) is 19.8 Å². The Balaban J connectivity index is 2.29. The molecular formula is C15H8O7. The van der Waals surface area contributed by atoms with Crippen molar-refractivity contribution in [3.05, 3.63) is 40.2 Å². The van der Waals surface area contributed by atoms with Gasteiger partial charge in [-0.15, -0.1) is 0 Å². The van der Waals surface area contributed by atoms with Crippen LogP contribution in [0.1, 0.15) is 10.4 Å². The normalized spacial score (nSPS) is 12.9. The van der Waals surface area contributed by atoms with Crippen molar-refractivity contribution in [2.75, 3.05) is 6.79 Å². The van der Waals surface area contributed by atoms with E-state index in [-0.39, 0.29) is 40.2 Å². The van der Waals surface area contributed by atoms with E-state index >= 15 is 0 Å². The van der Waals surface area contributed by atoms with E-state index in [0.717, 1.165) is 6.07 Å². The first-order chi connectivity index (χ1) is 10.6. The molecule has 0 saturated heterocycles. The number of aromatic hydroxyl groups is 1. The highest BCUT2D eigenvalue weighted by Gasteiger charge is 2.24. The van der Waals surface area contributed by atoms with Crippen LogP contribution >= 0.6 is 0 Å². The second kappa shape index (κ2) is 4.14. The Morgan fingerprint density at radius 2 is 1.95 bits per heavy atom. The first kappa shape index (κ1) is 12.5. The second-order valence-electron chi connectivity index (χ2n) is 4.78. The first-order valence-corrected chi connectivity index (χ1v) is 6.31. The molecule has 3 aromatic rings. The predicted molar refractivity (Wildman–Crippen MR) is 74.7 cm³/mol. The Morgan fingerprint density at radius 3 is 2.73 bits per heavy atom. The van der Waals surface area contributed by atoms with Gasteiger partial charge in [-0.05, 0) is 18.2 Å². The SMILES string of the molecule is O=C(O)c1cc(O)cc2oc(=O)c3c4c(ccc3c12)OCO4. The Morgan fingerprint density at radius 1 is 1.14 bits per heavy atom. The fourth-order valence-corrected chi connectivity index (χ4v) is 2.66. The van der Waals surface area contributed by atoms with Crippen LogP contribution in [0.2, 0.25) is 0 Å². The summed E-state index contributed by atoms with van der Waals surface area (Å²) < 4.78 is 15.7. The zero-order chi connectivity index (χ0) is 15.4. The molecule has 0 radical (unpaired) electrons. The van der Waals surface area contributed by atoms with E-state index in [1.807, 2.05) is 0 Å². The van der Waals surface area contributed by atoms with Gasteiger partial charge in [-0.3, -0.25) is 0 Å². The lowest BCUT2D eigenvalue weighted by Gasteiger charge is -2.08. The number of carbonyl (C=O) groups is 1. The molecule has 2 aromatic carbocycles. The summed E-state index contributed by atoms with van der Waals surface area (Å²) in [4.78, 5) is 23.7. The van der Waals surface area contributed by atoms with E-state index in [2.05, 4.69) is 0 Å². The summed E-state index contributed by atoms with van der Waals surface area (Å²) in [7, 11) is 0. The Hall–Kier alpha value is -3.22. The van der Waals surface area contributed by atoms with Crippen LogP contribution in [0.4, 0.5) is 0 Å². The van der Waals surface area contributed by atoms with Gasteiger partial charge < -0.3 is 24.1 Å². The van der Waals surface area contributed by atoms with E-state index in [4.69, 9.17) is 13.9 Å². The van der Waals surface area contributed by atoms with Crippen LogP contribution in [-0.2, 0) is 0 Å². The molecule has 4 rings (SSSR count). The van der Waals surface area contributed by atoms with E-state index in [1.54, 1.807) is 12.1 Å². The molecule has 1 aromatic heterocycles. The number of fused-ring (bicyclic) bond motifs is 5. The largest absolute Gasteiger partial charge is 0.508 e. The number of phenolic OH excluding ortho intramolecular Hbond substituents is 1. The zero-order valence-corrected chi connectivity index (χ0v) is 11.0. The van der Waals surface area contributed by atoms with Crippen molar-refractivity contribution in [2.45, 2.75) is 0 Å². The van der Waals surface area contributed by atoms with Gasteiger partial charge in [-0.1, -0.05) is 0 Å². The van der Waals surface area contributed by atoms with Gasteiger partial charge in [0.15, 0.2) is 11.5 Å². The monoisotopic (exact) mass is 300 g/mol. The van der Waals surface area contributed by atoms with Crippen molar-refractivity contribution in [1.29, 1.82) is 0 Å². The molecule has 1 aliphatic heterocycles. The zero-order valence-electron chi connectivity index (χ0n) is 11.0. The summed E-state index contributed by atoms with van der Waals surface area (Å²) in [5.74, 6) is -0.908. The number of benzene rings is 2. The lowest BCUT2D eigenvalue weighted by Crippen LogP contribution is -2.05. The molecule has 2 N–H and O–H groups in total. The molecule has 1 aliphatic rings. The van der Waals surface area contributed by atoms with E-state index < -0.39 is 11.6 Å². The highest BCUT2D eigenvalue weighted by molar-refractivity contribution is 6.16. The van der Waals surface area contributed by atoms with Gasteiger partial charge in [0, 0.05) is 16.8 Å². The van der Waals surface area contributed by atoms with Crippen molar-refractivity contribution >= 4 is 27.7 Å². The van der Waals surface area contributed by atoms with Crippen LogP contribution in [0, 0.1) is 0 Å². The van der Waals surface area contributed by atoms with Crippen molar-refractivity contribution in [3.63, 3.8) is 0 Å². The summed E-state index contributed by atoms with van der Waals surface area (Å²) in [5.41, 5.74) is -0.858. The number of hydrogen-bond donors (Lipinski definition) is 2. The van der Waals surface area contributed by atoms with Gasteiger partial charge in [0.1, 0.15) is 16.7 Å². The minimum atomic E-state index is -1.24. The molecule has 110 valence electrons. The Labute approximate surface area is 121 Å². The second-order valence-corrected chi connectivity index (χ2v) is 4.78. The molecule has 0 aliphatic carbocycles. The van der Waals surface area contributed by atoms with Crippen LogP contribution in [0.15, 0.2) is 33.5 Å². The molecule has 7 nitrogen and oxygen atoms in total. The average molecular weight is 300 g/mol. The van der Waals surface area contributed by atoms with Crippen molar-refractivity contribution in [3.8, 4) is 17.2 Å². The van der Waals surface area contributed by atoms with Gasteiger partial charge in [0.05, 0.1) is 5.56 Å². The van der Waals surface area contributed by atoms with Crippen LogP contribution in [0.3, 0.4) is 0 Å². The summed E-state index contributed by atoms with van der Waals surface area (Å²) >= 11 is 0. The summed E-state index contributed by atoms with van der Waals surface area (Å²) in [6.07, 6.45) is 0. The smallest absolute Gasteiger partial charge is 0.348 e. The number of phenols is 1. The average Bonchev–Trinajstić information content (AvgIpc) is 2.93. The molecule has 7 heteroatoms. The summed E-state index contributed by atoms with van der Waals surface area (Å²) in [6.45, 7) is -0.0205. The third kappa shape index (κ3) is 1.56. The first-order valence-electron chi connectivity index (χ1n) is 6.31. The fraction of sp³-hybridized carbons (Fsp3) is 0.0667. The lowest BCUT2D eigenvalue weighted by molar-refractivity contribution is 0.0698. The van der Waals surface area contributed by atoms with Crippen LogP contribution in [-0.4, -0.2) is 23.0 Å². The lowest BCUT2D eigenvalue weighted by atomic mass is 10.0. The van der Waals surface area contributed by atoms with Crippen molar-refractivity contribution in [2.24, 2.45) is 0 Å². The maximum Gasteiger partial charge on any atom is 0.348 e. The summed E-state index contributed by atoms with van der Waals surface area (Å²) in [6, 6.07) is 5.48. The Kier molecular flexibility index (Phi) is 2.35. The molecule has 0 atom stereocenters. The molecule has 0 spiro atoms. The van der Waals surface area contributed by atoms with Crippen LogP contribution < -0.4 is 15.1 Å². The molecule has 0 unspecified atom stereocenters.